The van der Waals surface area contributed by atoms with Crippen LogP contribution in [-0.2, 0) is 6.61 Å². The summed E-state index contributed by atoms with van der Waals surface area (Å²) < 4.78 is 2.10. The first-order chi connectivity index (χ1) is 17.0. The van der Waals surface area contributed by atoms with Crippen LogP contribution in [0, 0.1) is 12.3 Å². The van der Waals surface area contributed by atoms with E-state index in [4.69, 9.17) is 6.42 Å². The molecule has 0 radical (unpaired) electrons. The number of rotatable bonds is 10. The van der Waals surface area contributed by atoms with E-state index < -0.39 is 0 Å². The van der Waals surface area contributed by atoms with Gasteiger partial charge in [0.05, 0.1) is 23.7 Å². The molecule has 1 aromatic heterocycles. The average molecular weight is 532 g/mol. The molecule has 0 spiro atoms. The van der Waals surface area contributed by atoms with Gasteiger partial charge in [-0.05, 0) is 56.1 Å². The van der Waals surface area contributed by atoms with E-state index in [-0.39, 0.29) is 12.5 Å². The van der Waals surface area contributed by atoms with E-state index in [9.17, 15) is 9.90 Å². The van der Waals surface area contributed by atoms with Gasteiger partial charge in [0.1, 0.15) is 0 Å². The number of nitrogens with one attached hydrogen (secondary N) is 1. The van der Waals surface area contributed by atoms with Crippen molar-refractivity contribution in [2.24, 2.45) is 0 Å². The van der Waals surface area contributed by atoms with Gasteiger partial charge >= 0.3 is 0 Å². The van der Waals surface area contributed by atoms with Crippen molar-refractivity contribution in [3.05, 3.63) is 95.7 Å². The van der Waals surface area contributed by atoms with Crippen molar-refractivity contribution in [2.75, 3.05) is 32.5 Å². The van der Waals surface area contributed by atoms with Crippen LogP contribution >= 0.6 is 15.9 Å². The number of aliphatic hydroxyl groups excluding tert-OH is 1. The van der Waals surface area contributed by atoms with Gasteiger partial charge in [0, 0.05) is 35.1 Å². The summed E-state index contributed by atoms with van der Waals surface area (Å²) in [7, 11) is 3.94. The Hall–Kier alpha value is -3.37. The monoisotopic (exact) mass is 531 g/mol. The number of carbonyl (C=O) groups excluding carboxylic acids is 1. The fourth-order valence-corrected chi connectivity index (χ4v) is 3.95. The second-order valence-corrected chi connectivity index (χ2v) is 8.83. The zero-order valence-electron chi connectivity index (χ0n) is 20.0. The van der Waals surface area contributed by atoms with E-state index in [1.54, 1.807) is 6.08 Å². The van der Waals surface area contributed by atoms with Gasteiger partial charge in [0.15, 0.2) is 0 Å². The number of likely N-dealkylation sites (N-methyl/N-ethyl adjacent to an activating group) is 1. The van der Waals surface area contributed by atoms with Crippen LogP contribution in [0.25, 0.3) is 22.5 Å². The molecule has 1 heterocycles. The Morgan fingerprint density at radius 3 is 2.54 bits per heavy atom. The average Bonchev–Trinajstić information content (AvgIpc) is 3.31. The Labute approximate surface area is 215 Å². The predicted molar refractivity (Wildman–Crippen MR) is 148 cm³/mol. The van der Waals surface area contributed by atoms with Gasteiger partial charge in [-0.2, -0.15) is 0 Å². The number of nitrogens with zero attached hydrogens (tertiary/aromatic N) is 2. The molecule has 35 heavy (non-hydrogen) atoms. The standard InChI is InChI=1S/C29H30BrN3O2/c1-4-8-22(10-7-18-30)27-16-17-28(33(27)26-11-6-5-9-25(26)21-34)23-12-14-24(15-13-23)29(35)31-19-20-32(2)3/h1,5-17,34H,18-21H2,2-3H3,(H,31,35)/b10-7-,22-8+. The Morgan fingerprint density at radius 1 is 1.14 bits per heavy atom. The van der Waals surface area contributed by atoms with Crippen molar-refractivity contribution < 1.29 is 9.90 Å². The molecule has 0 saturated carbocycles. The number of carbonyl (C=O) groups is 1. The summed E-state index contributed by atoms with van der Waals surface area (Å²) >= 11 is 3.43. The van der Waals surface area contributed by atoms with Gasteiger partial charge in [-0.25, -0.2) is 0 Å². The van der Waals surface area contributed by atoms with Crippen molar-refractivity contribution >= 4 is 27.4 Å². The molecule has 0 aliphatic rings. The van der Waals surface area contributed by atoms with Gasteiger partial charge in [0.2, 0.25) is 0 Å². The normalized spacial score (nSPS) is 11.7. The summed E-state index contributed by atoms with van der Waals surface area (Å²) in [5.74, 6) is 2.54. The smallest absolute Gasteiger partial charge is 0.251 e. The fraction of sp³-hybridized carbons (Fsp3) is 0.207. The van der Waals surface area contributed by atoms with E-state index in [1.807, 2.05) is 91.8 Å². The molecule has 180 valence electrons. The fourth-order valence-electron chi connectivity index (χ4n) is 3.77. The molecule has 5 nitrogen and oxygen atoms in total. The maximum Gasteiger partial charge on any atom is 0.251 e. The molecular formula is C29H30BrN3O2. The van der Waals surface area contributed by atoms with Gasteiger partial charge in [-0.1, -0.05) is 64.3 Å². The lowest BCUT2D eigenvalue weighted by Crippen LogP contribution is -2.31. The topological polar surface area (TPSA) is 57.5 Å². The number of amides is 1. The van der Waals surface area contributed by atoms with Crippen LogP contribution < -0.4 is 5.32 Å². The molecule has 0 saturated heterocycles. The van der Waals surface area contributed by atoms with Crippen molar-refractivity contribution in [1.82, 2.24) is 14.8 Å². The lowest BCUT2D eigenvalue weighted by molar-refractivity contribution is 0.0951. The van der Waals surface area contributed by atoms with Crippen molar-refractivity contribution in [1.29, 1.82) is 0 Å². The summed E-state index contributed by atoms with van der Waals surface area (Å²) in [5, 5.41) is 13.7. The number of aliphatic hydroxyl groups is 1. The number of para-hydroxylation sites is 1. The third-order valence-corrected chi connectivity index (χ3v) is 5.87. The lowest BCUT2D eigenvalue weighted by Gasteiger charge is -2.18. The maximum absolute atomic E-state index is 12.5. The molecule has 2 aromatic carbocycles. The van der Waals surface area contributed by atoms with E-state index in [0.717, 1.165) is 40.3 Å². The van der Waals surface area contributed by atoms with Crippen molar-refractivity contribution in [3.63, 3.8) is 0 Å². The van der Waals surface area contributed by atoms with Gasteiger partial charge in [-0.15, -0.1) is 6.42 Å². The number of benzene rings is 2. The number of halogens is 1. The summed E-state index contributed by atoms with van der Waals surface area (Å²) in [5.41, 5.74) is 5.92. The zero-order valence-corrected chi connectivity index (χ0v) is 21.6. The van der Waals surface area contributed by atoms with Gasteiger partial charge in [-0.3, -0.25) is 4.79 Å². The van der Waals surface area contributed by atoms with Crippen LogP contribution in [-0.4, -0.2) is 53.0 Å². The summed E-state index contributed by atoms with van der Waals surface area (Å²) in [6.45, 7) is 1.27. The number of aromatic nitrogens is 1. The number of alkyl halides is 1. The first-order valence-electron chi connectivity index (χ1n) is 11.3. The minimum absolute atomic E-state index is 0.0925. The molecule has 0 bridgehead atoms. The van der Waals surface area contributed by atoms with Crippen molar-refractivity contribution in [3.8, 4) is 29.3 Å². The molecule has 3 aromatic rings. The third kappa shape index (κ3) is 6.61. The Morgan fingerprint density at radius 2 is 1.89 bits per heavy atom. The first kappa shape index (κ1) is 26.2. The van der Waals surface area contributed by atoms with E-state index >= 15 is 0 Å². The first-order valence-corrected chi connectivity index (χ1v) is 12.5. The Bertz CT molecular complexity index is 1250. The molecule has 6 heteroatoms. The third-order valence-electron chi connectivity index (χ3n) is 5.49. The van der Waals surface area contributed by atoms with Crippen LogP contribution in [0.3, 0.4) is 0 Å². The van der Waals surface area contributed by atoms with Crippen LogP contribution in [0.1, 0.15) is 21.6 Å². The molecule has 2 N–H and O–H groups in total. The lowest BCUT2D eigenvalue weighted by atomic mass is 10.1. The molecule has 0 unspecified atom stereocenters. The number of terminal acetylenes is 1. The quantitative estimate of drug-likeness (QED) is 0.222. The highest BCUT2D eigenvalue weighted by Crippen LogP contribution is 2.32. The maximum atomic E-state index is 12.5. The van der Waals surface area contributed by atoms with Gasteiger partial charge < -0.3 is 19.9 Å². The van der Waals surface area contributed by atoms with Crippen LogP contribution in [0.2, 0.25) is 0 Å². The van der Waals surface area contributed by atoms with E-state index in [0.29, 0.717) is 17.4 Å². The SMILES string of the molecule is C#C/C=C(\C=C/CBr)c1ccc(-c2ccc(C(=O)NCCN(C)C)cc2)n1-c1ccccc1CO. The summed E-state index contributed by atoms with van der Waals surface area (Å²) in [4.78, 5) is 14.5. The molecule has 0 fully saturated rings. The minimum atomic E-state index is -0.0979. The molecular weight excluding hydrogens is 502 g/mol. The van der Waals surface area contributed by atoms with Gasteiger partial charge in [0.25, 0.3) is 5.91 Å². The second-order valence-electron chi connectivity index (χ2n) is 8.19. The van der Waals surface area contributed by atoms with Crippen LogP contribution in [0.15, 0.2) is 78.9 Å². The predicted octanol–water partition coefficient (Wildman–Crippen LogP) is 4.90. The highest BCUT2D eigenvalue weighted by Gasteiger charge is 2.17. The minimum Gasteiger partial charge on any atom is -0.392 e. The highest BCUT2D eigenvalue weighted by atomic mass is 79.9. The molecule has 1 amide bonds. The highest BCUT2D eigenvalue weighted by molar-refractivity contribution is 9.09. The number of hydrogen-bond donors (Lipinski definition) is 2. The van der Waals surface area contributed by atoms with Crippen LogP contribution in [0.5, 0.6) is 0 Å². The summed E-state index contributed by atoms with van der Waals surface area (Å²) in [6.07, 6.45) is 11.3. The summed E-state index contributed by atoms with van der Waals surface area (Å²) in [6, 6.07) is 19.3. The number of allylic oxidation sites excluding steroid dienone is 4. The van der Waals surface area contributed by atoms with E-state index in [2.05, 4.69) is 31.7 Å². The molecule has 0 atom stereocenters. The largest absolute Gasteiger partial charge is 0.392 e. The van der Waals surface area contributed by atoms with Crippen molar-refractivity contribution in [2.45, 2.75) is 6.61 Å². The molecule has 0 aliphatic carbocycles. The molecule has 3 rings (SSSR count). The van der Waals surface area contributed by atoms with Crippen LogP contribution in [0.4, 0.5) is 0 Å². The zero-order chi connectivity index (χ0) is 25.2. The number of hydrogen-bond acceptors (Lipinski definition) is 3. The second kappa shape index (κ2) is 12.9. The Balaban J connectivity index is 2.07. The molecule has 0 aliphatic heterocycles. The van der Waals surface area contributed by atoms with E-state index in [1.165, 1.54) is 0 Å². The Kier molecular flexibility index (Phi) is 9.68.